The third-order valence-corrected chi connectivity index (χ3v) is 4.67. The smallest absolute Gasteiger partial charge is 0.235 e. The van der Waals surface area contributed by atoms with E-state index in [1.165, 1.54) is 4.90 Å². The molecule has 5 nitrogen and oxygen atoms in total. The molecule has 1 aromatic carbocycles. The van der Waals surface area contributed by atoms with Gasteiger partial charge in [0, 0.05) is 19.5 Å². The monoisotopic (exact) mass is 346 g/mol. The first-order valence-corrected chi connectivity index (χ1v) is 8.96. The van der Waals surface area contributed by atoms with Crippen LogP contribution in [0.1, 0.15) is 39.2 Å². The number of hydrogen-bond donors (Lipinski definition) is 1. The predicted octanol–water partition coefficient (Wildman–Crippen LogP) is 2.29. The van der Waals surface area contributed by atoms with E-state index >= 15 is 0 Å². The van der Waals surface area contributed by atoms with Crippen LogP contribution in [0.25, 0.3) is 0 Å². The van der Waals surface area contributed by atoms with Gasteiger partial charge in [0.25, 0.3) is 0 Å². The standard InChI is InChI=1S/C20H30N2O3/c1-15(2)10-20(3)11-18(24)22(19(20)25)14-17(23)13-21(4)12-16-8-6-5-7-9-16/h5-9,15,17,23H,10-14H2,1-4H3. The van der Waals surface area contributed by atoms with Crippen LogP contribution in [0.15, 0.2) is 30.3 Å². The lowest BCUT2D eigenvalue weighted by atomic mass is 9.80. The van der Waals surface area contributed by atoms with Gasteiger partial charge in [0.2, 0.25) is 11.8 Å². The lowest BCUT2D eigenvalue weighted by molar-refractivity contribution is -0.143. The summed E-state index contributed by atoms with van der Waals surface area (Å²) >= 11 is 0. The highest BCUT2D eigenvalue weighted by atomic mass is 16.3. The first-order chi connectivity index (χ1) is 11.7. The van der Waals surface area contributed by atoms with Crippen molar-refractivity contribution in [3.05, 3.63) is 35.9 Å². The Labute approximate surface area is 150 Å². The molecule has 0 aliphatic carbocycles. The minimum atomic E-state index is -0.747. The Morgan fingerprint density at radius 1 is 1.24 bits per heavy atom. The van der Waals surface area contributed by atoms with Crippen LogP contribution in [0.2, 0.25) is 0 Å². The van der Waals surface area contributed by atoms with Crippen LogP contribution in [-0.4, -0.2) is 53.0 Å². The zero-order valence-corrected chi connectivity index (χ0v) is 15.7. The number of likely N-dealkylation sites (tertiary alicyclic amines) is 1. The van der Waals surface area contributed by atoms with Gasteiger partial charge in [-0.15, -0.1) is 0 Å². The molecule has 0 bridgehead atoms. The normalized spacial score (nSPS) is 22.3. The zero-order valence-electron chi connectivity index (χ0n) is 15.7. The molecular formula is C20H30N2O3. The van der Waals surface area contributed by atoms with Crippen LogP contribution in [0.4, 0.5) is 0 Å². The molecule has 0 radical (unpaired) electrons. The molecular weight excluding hydrogens is 316 g/mol. The fourth-order valence-corrected chi connectivity index (χ4v) is 3.78. The first-order valence-electron chi connectivity index (χ1n) is 8.96. The molecule has 2 atom stereocenters. The van der Waals surface area contributed by atoms with Gasteiger partial charge in [-0.25, -0.2) is 0 Å². The van der Waals surface area contributed by atoms with Gasteiger partial charge in [0.05, 0.1) is 18.1 Å². The fourth-order valence-electron chi connectivity index (χ4n) is 3.78. The molecule has 5 heteroatoms. The number of nitrogens with zero attached hydrogens (tertiary/aromatic N) is 2. The van der Waals surface area contributed by atoms with Crippen LogP contribution >= 0.6 is 0 Å². The summed E-state index contributed by atoms with van der Waals surface area (Å²) < 4.78 is 0. The number of aliphatic hydroxyl groups excluding tert-OH is 1. The van der Waals surface area contributed by atoms with Crippen molar-refractivity contribution in [2.75, 3.05) is 20.1 Å². The van der Waals surface area contributed by atoms with Crippen molar-refractivity contribution in [1.82, 2.24) is 9.80 Å². The highest BCUT2D eigenvalue weighted by Crippen LogP contribution is 2.38. The van der Waals surface area contributed by atoms with Gasteiger partial charge in [0.15, 0.2) is 0 Å². The SMILES string of the molecule is CC(C)CC1(C)CC(=O)N(CC(O)CN(C)Cc2ccccc2)C1=O. The zero-order chi connectivity index (χ0) is 18.6. The number of β-amino-alcohol motifs (C(OH)–C–C–N with tert-alkyl or cyclic N) is 1. The first kappa shape index (κ1) is 19.6. The summed E-state index contributed by atoms with van der Waals surface area (Å²) in [4.78, 5) is 28.2. The number of rotatable bonds is 8. The lowest BCUT2D eigenvalue weighted by Crippen LogP contribution is -2.43. The third-order valence-electron chi connectivity index (χ3n) is 4.67. The van der Waals surface area contributed by atoms with Gasteiger partial charge < -0.3 is 5.11 Å². The Morgan fingerprint density at radius 2 is 1.88 bits per heavy atom. The van der Waals surface area contributed by atoms with Crippen LogP contribution < -0.4 is 0 Å². The van der Waals surface area contributed by atoms with E-state index in [0.29, 0.717) is 25.4 Å². The number of hydrogen-bond acceptors (Lipinski definition) is 4. The summed E-state index contributed by atoms with van der Waals surface area (Å²) in [5.41, 5.74) is 0.538. The number of benzene rings is 1. The van der Waals surface area contributed by atoms with Crippen LogP contribution in [0.3, 0.4) is 0 Å². The minimum absolute atomic E-state index is 0.0739. The van der Waals surface area contributed by atoms with Gasteiger partial charge in [0.1, 0.15) is 0 Å². The average molecular weight is 346 g/mol. The van der Waals surface area contributed by atoms with Gasteiger partial charge in [-0.2, -0.15) is 0 Å². The maximum Gasteiger partial charge on any atom is 0.235 e. The number of carbonyl (C=O) groups is 2. The maximum atomic E-state index is 12.7. The molecule has 1 aliphatic rings. The van der Waals surface area contributed by atoms with E-state index in [1.54, 1.807) is 0 Å². The Balaban J connectivity index is 1.90. The van der Waals surface area contributed by atoms with Crippen molar-refractivity contribution in [3.63, 3.8) is 0 Å². The molecule has 2 rings (SSSR count). The van der Waals surface area contributed by atoms with Crippen molar-refractivity contribution in [2.24, 2.45) is 11.3 Å². The van der Waals surface area contributed by atoms with E-state index in [-0.39, 0.29) is 24.8 Å². The van der Waals surface area contributed by atoms with Crippen molar-refractivity contribution in [2.45, 2.75) is 46.3 Å². The Hall–Kier alpha value is -1.72. The molecule has 1 fully saturated rings. The third kappa shape index (κ3) is 5.13. The van der Waals surface area contributed by atoms with Gasteiger partial charge in [-0.3, -0.25) is 19.4 Å². The lowest BCUT2D eigenvalue weighted by Gasteiger charge is -2.26. The molecule has 0 aromatic heterocycles. The van der Waals surface area contributed by atoms with Gasteiger partial charge in [-0.1, -0.05) is 51.1 Å². The number of aliphatic hydroxyl groups is 1. The molecule has 1 saturated heterocycles. The molecule has 0 saturated carbocycles. The second kappa shape index (κ2) is 8.11. The fraction of sp³-hybridized carbons (Fsp3) is 0.600. The van der Waals surface area contributed by atoms with Crippen LogP contribution in [0, 0.1) is 11.3 Å². The van der Waals surface area contributed by atoms with E-state index in [9.17, 15) is 14.7 Å². The topological polar surface area (TPSA) is 60.9 Å². The number of carbonyl (C=O) groups excluding carboxylic acids is 2. The second-order valence-electron chi connectivity index (χ2n) is 7.98. The summed E-state index contributed by atoms with van der Waals surface area (Å²) in [7, 11) is 1.92. The molecule has 2 amide bonds. The van der Waals surface area contributed by atoms with E-state index in [4.69, 9.17) is 0 Å². The van der Waals surface area contributed by atoms with Crippen molar-refractivity contribution < 1.29 is 14.7 Å². The van der Waals surface area contributed by atoms with E-state index in [1.807, 2.05) is 49.2 Å². The summed E-state index contributed by atoms with van der Waals surface area (Å²) in [6.07, 6.45) is 0.192. The van der Waals surface area contributed by atoms with Crippen LogP contribution in [-0.2, 0) is 16.1 Å². The summed E-state index contributed by atoms with van der Waals surface area (Å²) in [5, 5.41) is 10.4. The van der Waals surface area contributed by atoms with E-state index in [0.717, 1.165) is 5.56 Å². The Bertz CT molecular complexity index is 602. The molecule has 1 N–H and O–H groups in total. The quantitative estimate of drug-likeness (QED) is 0.734. The maximum absolute atomic E-state index is 12.7. The predicted molar refractivity (Wildman–Crippen MR) is 97.7 cm³/mol. The molecule has 138 valence electrons. The summed E-state index contributed by atoms with van der Waals surface area (Å²) in [6, 6.07) is 10.0. The van der Waals surface area contributed by atoms with Crippen molar-refractivity contribution in [1.29, 1.82) is 0 Å². The Kier molecular flexibility index (Phi) is 6.36. The average Bonchev–Trinajstić information content (AvgIpc) is 2.70. The number of likely N-dealkylation sites (N-methyl/N-ethyl adjacent to an activating group) is 1. The van der Waals surface area contributed by atoms with Crippen molar-refractivity contribution >= 4 is 11.8 Å². The second-order valence-corrected chi connectivity index (χ2v) is 7.98. The minimum Gasteiger partial charge on any atom is -0.390 e. The molecule has 1 aliphatic heterocycles. The number of amides is 2. The van der Waals surface area contributed by atoms with Gasteiger partial charge in [-0.05, 0) is 24.9 Å². The highest BCUT2D eigenvalue weighted by molar-refractivity contribution is 6.05. The highest BCUT2D eigenvalue weighted by Gasteiger charge is 2.48. The van der Waals surface area contributed by atoms with Gasteiger partial charge >= 0.3 is 0 Å². The van der Waals surface area contributed by atoms with Crippen molar-refractivity contribution in [3.8, 4) is 0 Å². The molecule has 1 aromatic rings. The Morgan fingerprint density at radius 3 is 2.48 bits per heavy atom. The molecule has 1 heterocycles. The van der Waals surface area contributed by atoms with E-state index < -0.39 is 11.5 Å². The summed E-state index contributed by atoms with van der Waals surface area (Å²) in [6.45, 7) is 7.17. The van der Waals surface area contributed by atoms with Crippen LogP contribution in [0.5, 0.6) is 0 Å². The number of imide groups is 1. The van der Waals surface area contributed by atoms with E-state index in [2.05, 4.69) is 13.8 Å². The largest absolute Gasteiger partial charge is 0.390 e. The molecule has 2 unspecified atom stereocenters. The molecule has 0 spiro atoms. The summed E-state index contributed by atoms with van der Waals surface area (Å²) in [5.74, 6) is 0.0394. The molecule has 25 heavy (non-hydrogen) atoms.